The maximum atomic E-state index is 12.0. The standard InChI is InChI=1S/C16H34O2P/c1-7-9-10-15(8-2)12-18-19(17)13-14(3)11-16(4,5)6/h14-15H,7-13H2,1-6H3/q+1. The van der Waals surface area contributed by atoms with Crippen molar-refractivity contribution in [1.29, 1.82) is 0 Å². The fraction of sp³-hybridized carbons (Fsp3) is 1.00. The lowest BCUT2D eigenvalue weighted by atomic mass is 9.86. The molecule has 0 spiro atoms. The van der Waals surface area contributed by atoms with Crippen molar-refractivity contribution in [3.63, 3.8) is 0 Å². The highest BCUT2D eigenvalue weighted by Crippen LogP contribution is 2.33. The van der Waals surface area contributed by atoms with Gasteiger partial charge in [-0.2, -0.15) is 0 Å². The van der Waals surface area contributed by atoms with Gasteiger partial charge in [0, 0.05) is 5.92 Å². The van der Waals surface area contributed by atoms with Gasteiger partial charge in [0.1, 0.15) is 6.61 Å². The van der Waals surface area contributed by atoms with Crippen LogP contribution in [0.5, 0.6) is 0 Å². The molecule has 3 heteroatoms. The molecule has 19 heavy (non-hydrogen) atoms. The molecule has 114 valence electrons. The van der Waals surface area contributed by atoms with Crippen molar-refractivity contribution >= 4 is 8.03 Å². The number of unbranched alkanes of at least 4 members (excludes halogenated alkanes) is 1. The Balaban J connectivity index is 3.90. The highest BCUT2D eigenvalue weighted by molar-refractivity contribution is 7.39. The van der Waals surface area contributed by atoms with Gasteiger partial charge in [-0.05, 0) is 28.7 Å². The number of hydrogen-bond acceptors (Lipinski definition) is 2. The molecule has 0 saturated heterocycles. The summed E-state index contributed by atoms with van der Waals surface area (Å²) in [6.45, 7) is 13.9. The molecule has 2 nitrogen and oxygen atoms in total. The van der Waals surface area contributed by atoms with E-state index in [0.29, 0.717) is 30.0 Å². The summed E-state index contributed by atoms with van der Waals surface area (Å²) in [5, 5.41) is 0. The van der Waals surface area contributed by atoms with Crippen LogP contribution in [0.25, 0.3) is 0 Å². The molecular formula is C16H34O2P+. The third kappa shape index (κ3) is 11.6. The number of rotatable bonds is 10. The molecule has 0 radical (unpaired) electrons. The van der Waals surface area contributed by atoms with Crippen molar-refractivity contribution in [1.82, 2.24) is 0 Å². The Labute approximate surface area is 121 Å². The van der Waals surface area contributed by atoms with Crippen LogP contribution < -0.4 is 0 Å². The lowest BCUT2D eigenvalue weighted by molar-refractivity contribution is 0.239. The molecule has 3 unspecified atom stereocenters. The second kappa shape index (κ2) is 9.88. The van der Waals surface area contributed by atoms with Crippen LogP contribution in [0, 0.1) is 17.3 Å². The van der Waals surface area contributed by atoms with E-state index in [0.717, 1.165) is 12.8 Å². The molecule has 0 fully saturated rings. The first-order chi connectivity index (χ1) is 8.78. The highest BCUT2D eigenvalue weighted by Gasteiger charge is 2.26. The van der Waals surface area contributed by atoms with Gasteiger partial charge in [-0.15, -0.1) is 4.52 Å². The molecule has 0 aliphatic carbocycles. The van der Waals surface area contributed by atoms with Crippen molar-refractivity contribution in [3.8, 4) is 0 Å². The minimum atomic E-state index is -1.48. The normalized spacial score (nSPS) is 16.2. The summed E-state index contributed by atoms with van der Waals surface area (Å²) in [4.78, 5) is 0. The minimum absolute atomic E-state index is 0.308. The van der Waals surface area contributed by atoms with Crippen molar-refractivity contribution in [2.24, 2.45) is 17.3 Å². The fourth-order valence-electron chi connectivity index (χ4n) is 2.50. The predicted molar refractivity (Wildman–Crippen MR) is 85.0 cm³/mol. The topological polar surface area (TPSA) is 26.3 Å². The smallest absolute Gasteiger partial charge is 0.146 e. The summed E-state index contributed by atoms with van der Waals surface area (Å²) in [6.07, 6.45) is 6.61. The van der Waals surface area contributed by atoms with Crippen molar-refractivity contribution in [3.05, 3.63) is 0 Å². The third-order valence-corrected chi connectivity index (χ3v) is 4.78. The average molecular weight is 289 g/mol. The minimum Gasteiger partial charge on any atom is -0.146 e. The van der Waals surface area contributed by atoms with Crippen molar-refractivity contribution in [2.75, 3.05) is 12.8 Å². The molecule has 3 atom stereocenters. The molecule has 0 aromatic heterocycles. The largest absolute Gasteiger partial charge is 0.508 e. The van der Waals surface area contributed by atoms with Gasteiger partial charge in [-0.25, -0.2) is 0 Å². The Morgan fingerprint density at radius 2 is 1.84 bits per heavy atom. The SMILES string of the molecule is CCCCC(CC)CO[P+](=O)CC(C)CC(C)(C)C. The molecule has 0 heterocycles. The van der Waals surface area contributed by atoms with E-state index >= 15 is 0 Å². The molecule has 0 saturated carbocycles. The second-order valence-corrected chi connectivity index (χ2v) is 8.39. The molecule has 0 aliphatic rings. The van der Waals surface area contributed by atoms with Gasteiger partial charge < -0.3 is 0 Å². The zero-order valence-electron chi connectivity index (χ0n) is 13.9. The first-order valence-corrected chi connectivity index (χ1v) is 9.22. The summed E-state index contributed by atoms with van der Waals surface area (Å²) >= 11 is 0. The first kappa shape index (κ1) is 19.1. The van der Waals surface area contributed by atoms with Gasteiger partial charge in [0.15, 0.2) is 6.16 Å². The maximum Gasteiger partial charge on any atom is 0.508 e. The van der Waals surface area contributed by atoms with Crippen molar-refractivity contribution < 1.29 is 9.09 Å². The van der Waals surface area contributed by atoms with Crippen LogP contribution >= 0.6 is 8.03 Å². The van der Waals surface area contributed by atoms with Crippen LogP contribution in [0.3, 0.4) is 0 Å². The number of hydrogen-bond donors (Lipinski definition) is 0. The van der Waals surface area contributed by atoms with E-state index < -0.39 is 8.03 Å². The zero-order valence-corrected chi connectivity index (χ0v) is 14.8. The van der Waals surface area contributed by atoms with Crippen molar-refractivity contribution in [2.45, 2.75) is 73.6 Å². The molecule has 0 rings (SSSR count). The van der Waals surface area contributed by atoms with Gasteiger partial charge in [0.05, 0.1) is 0 Å². The van der Waals surface area contributed by atoms with Gasteiger partial charge in [0.2, 0.25) is 0 Å². The highest BCUT2D eigenvalue weighted by atomic mass is 31.1. The van der Waals surface area contributed by atoms with E-state index in [1.165, 1.54) is 19.3 Å². The second-order valence-electron chi connectivity index (χ2n) is 7.10. The van der Waals surface area contributed by atoms with Crippen LogP contribution in [0.15, 0.2) is 0 Å². The van der Waals surface area contributed by atoms with Gasteiger partial charge in [0.25, 0.3) is 0 Å². The van der Waals surface area contributed by atoms with E-state index in [1.807, 2.05) is 0 Å². The average Bonchev–Trinajstić information content (AvgIpc) is 2.26. The van der Waals surface area contributed by atoms with Gasteiger partial charge >= 0.3 is 8.03 Å². The Bertz CT molecular complexity index is 246. The van der Waals surface area contributed by atoms with E-state index in [1.54, 1.807) is 0 Å². The molecule has 0 aromatic carbocycles. The Morgan fingerprint density at radius 1 is 1.21 bits per heavy atom. The quantitative estimate of drug-likeness (QED) is 0.459. The first-order valence-electron chi connectivity index (χ1n) is 7.86. The van der Waals surface area contributed by atoms with Crippen LogP contribution in [-0.4, -0.2) is 12.8 Å². The lowest BCUT2D eigenvalue weighted by Gasteiger charge is -2.20. The van der Waals surface area contributed by atoms with Crippen LogP contribution in [0.1, 0.15) is 73.6 Å². The van der Waals surface area contributed by atoms with Gasteiger partial charge in [-0.1, -0.05) is 60.8 Å². The molecular weight excluding hydrogens is 255 g/mol. The summed E-state index contributed by atoms with van der Waals surface area (Å²) in [5.41, 5.74) is 0.308. The van der Waals surface area contributed by atoms with E-state index in [9.17, 15) is 4.57 Å². The van der Waals surface area contributed by atoms with Crippen LogP contribution in [0.4, 0.5) is 0 Å². The summed E-state index contributed by atoms with van der Waals surface area (Å²) < 4.78 is 17.5. The molecule has 0 N–H and O–H groups in total. The fourth-order valence-corrected chi connectivity index (χ4v) is 3.62. The summed E-state index contributed by atoms with van der Waals surface area (Å²) in [5.74, 6) is 1.05. The van der Waals surface area contributed by atoms with E-state index in [4.69, 9.17) is 4.52 Å². The molecule has 0 bridgehead atoms. The zero-order chi connectivity index (χ0) is 14.9. The molecule has 0 aromatic rings. The Hall–Kier alpha value is 0.0600. The van der Waals surface area contributed by atoms with E-state index in [-0.39, 0.29) is 0 Å². The lowest BCUT2D eigenvalue weighted by Crippen LogP contribution is -2.13. The Morgan fingerprint density at radius 3 is 2.32 bits per heavy atom. The monoisotopic (exact) mass is 289 g/mol. The maximum absolute atomic E-state index is 12.0. The van der Waals surface area contributed by atoms with Gasteiger partial charge in [-0.3, -0.25) is 0 Å². The van der Waals surface area contributed by atoms with Crippen LogP contribution in [-0.2, 0) is 9.09 Å². The summed E-state index contributed by atoms with van der Waals surface area (Å²) in [7, 11) is -1.48. The Kier molecular flexibility index (Phi) is 9.92. The summed E-state index contributed by atoms with van der Waals surface area (Å²) in [6, 6.07) is 0. The molecule has 0 aliphatic heterocycles. The predicted octanol–water partition coefficient (Wildman–Crippen LogP) is 6.03. The van der Waals surface area contributed by atoms with Crippen LogP contribution in [0.2, 0.25) is 0 Å². The molecule has 0 amide bonds. The van der Waals surface area contributed by atoms with E-state index in [2.05, 4.69) is 41.5 Å². The third-order valence-electron chi connectivity index (χ3n) is 3.42.